The third-order valence-electron chi connectivity index (χ3n) is 5.14. The van der Waals surface area contributed by atoms with Crippen LogP contribution in [0, 0.1) is 6.92 Å². The third-order valence-corrected chi connectivity index (χ3v) is 5.43. The topological polar surface area (TPSA) is 27.1 Å². The predicted octanol–water partition coefficient (Wildman–Crippen LogP) is 7.70. The van der Waals surface area contributed by atoms with Crippen molar-refractivity contribution in [3.05, 3.63) is 76.6 Å². The second-order valence-corrected chi connectivity index (χ2v) is 7.72. The van der Waals surface area contributed by atoms with Crippen LogP contribution in [0.15, 0.2) is 54.6 Å². The van der Waals surface area contributed by atoms with Crippen molar-refractivity contribution >= 4 is 22.6 Å². The van der Waals surface area contributed by atoms with Gasteiger partial charge in [-0.25, -0.2) is 4.98 Å². The zero-order chi connectivity index (χ0) is 24.1. The molecule has 0 aliphatic heterocycles. The highest BCUT2D eigenvalue weighted by Crippen LogP contribution is 2.39. The van der Waals surface area contributed by atoms with E-state index in [9.17, 15) is 26.3 Å². The summed E-state index contributed by atoms with van der Waals surface area (Å²) in [6, 6.07) is 11.1. The molecule has 1 heterocycles. The van der Waals surface area contributed by atoms with Crippen molar-refractivity contribution in [2.75, 3.05) is 7.11 Å². The lowest BCUT2D eigenvalue weighted by molar-refractivity contribution is -0.143. The van der Waals surface area contributed by atoms with E-state index in [1.807, 2.05) is 0 Å². The minimum Gasteiger partial charge on any atom is -0.495 e. The number of benzene rings is 3. The largest absolute Gasteiger partial charge is 0.495 e. The van der Waals surface area contributed by atoms with E-state index in [1.54, 1.807) is 35.8 Å². The Hall–Kier alpha value is -3.20. The predicted molar refractivity (Wildman–Crippen MR) is 113 cm³/mol. The molecule has 0 atom stereocenters. The van der Waals surface area contributed by atoms with Gasteiger partial charge < -0.3 is 4.74 Å². The molecule has 10 heteroatoms. The van der Waals surface area contributed by atoms with Gasteiger partial charge in [0.25, 0.3) is 0 Å². The van der Waals surface area contributed by atoms with E-state index < -0.39 is 23.5 Å². The van der Waals surface area contributed by atoms with Gasteiger partial charge in [-0.3, -0.25) is 4.57 Å². The fourth-order valence-electron chi connectivity index (χ4n) is 3.62. The van der Waals surface area contributed by atoms with Crippen LogP contribution in [-0.2, 0) is 12.4 Å². The highest BCUT2D eigenvalue weighted by molar-refractivity contribution is 6.32. The van der Waals surface area contributed by atoms with E-state index in [2.05, 4.69) is 4.98 Å². The molecule has 0 saturated heterocycles. The molecule has 0 N–H and O–H groups in total. The summed E-state index contributed by atoms with van der Waals surface area (Å²) in [4.78, 5) is 4.43. The number of hydrogen-bond donors (Lipinski definition) is 0. The van der Waals surface area contributed by atoms with Gasteiger partial charge in [0, 0.05) is 5.69 Å². The van der Waals surface area contributed by atoms with E-state index in [4.69, 9.17) is 16.3 Å². The SMILES string of the molecule is COc1ccc(-n2c(C)nc3cc(-c4cc(C(F)(F)F)cc(C(F)(F)F)c4)ccc32)cc1Cl. The van der Waals surface area contributed by atoms with Crippen molar-refractivity contribution in [1.82, 2.24) is 9.55 Å². The first kappa shape index (κ1) is 23.0. The third kappa shape index (κ3) is 4.37. The summed E-state index contributed by atoms with van der Waals surface area (Å²) in [5, 5.41) is 0.372. The van der Waals surface area contributed by atoms with E-state index in [1.165, 1.54) is 19.2 Å². The summed E-state index contributed by atoms with van der Waals surface area (Å²) in [6.45, 7) is 1.73. The van der Waals surface area contributed by atoms with Gasteiger partial charge in [-0.05, 0) is 66.6 Å². The van der Waals surface area contributed by atoms with Crippen molar-refractivity contribution in [1.29, 1.82) is 0 Å². The van der Waals surface area contributed by atoms with Crippen LogP contribution in [0.1, 0.15) is 17.0 Å². The number of aromatic nitrogens is 2. The average molecular weight is 485 g/mol. The van der Waals surface area contributed by atoms with Crippen LogP contribution in [0.25, 0.3) is 27.8 Å². The molecule has 1 aromatic heterocycles. The fraction of sp³-hybridized carbons (Fsp3) is 0.174. The normalized spacial score (nSPS) is 12.4. The molecular weight excluding hydrogens is 470 g/mol. The van der Waals surface area contributed by atoms with Crippen LogP contribution >= 0.6 is 11.6 Å². The van der Waals surface area contributed by atoms with Crippen LogP contribution in [0.4, 0.5) is 26.3 Å². The monoisotopic (exact) mass is 484 g/mol. The van der Waals surface area contributed by atoms with Gasteiger partial charge in [0.15, 0.2) is 0 Å². The molecule has 0 aliphatic rings. The van der Waals surface area contributed by atoms with Crippen LogP contribution < -0.4 is 4.74 Å². The number of fused-ring (bicyclic) bond motifs is 1. The fourth-order valence-corrected chi connectivity index (χ4v) is 3.87. The van der Waals surface area contributed by atoms with Gasteiger partial charge in [-0.1, -0.05) is 17.7 Å². The molecule has 3 aromatic carbocycles. The molecule has 172 valence electrons. The minimum atomic E-state index is -4.92. The van der Waals surface area contributed by atoms with E-state index >= 15 is 0 Å². The van der Waals surface area contributed by atoms with Crippen LogP contribution in [0.3, 0.4) is 0 Å². The standard InChI is InChI=1S/C23H15ClF6N2O/c1-12-31-19-9-13(14-7-15(22(25,26)27)10-16(8-14)23(28,29)30)3-5-20(19)32(12)17-4-6-21(33-2)18(24)11-17/h3-11H,1-2H3. The van der Waals surface area contributed by atoms with Crippen molar-refractivity contribution in [3.63, 3.8) is 0 Å². The lowest BCUT2D eigenvalue weighted by Crippen LogP contribution is -2.11. The maximum absolute atomic E-state index is 13.2. The molecular formula is C23H15ClF6N2O. The van der Waals surface area contributed by atoms with Crippen molar-refractivity contribution in [3.8, 4) is 22.6 Å². The molecule has 4 aromatic rings. The van der Waals surface area contributed by atoms with E-state index in [-0.39, 0.29) is 17.2 Å². The summed E-state index contributed by atoms with van der Waals surface area (Å²) in [7, 11) is 1.48. The first-order chi connectivity index (χ1) is 15.4. The Bertz CT molecular complexity index is 1330. The molecule has 3 nitrogen and oxygen atoms in total. The van der Waals surface area contributed by atoms with Gasteiger partial charge >= 0.3 is 12.4 Å². The van der Waals surface area contributed by atoms with Gasteiger partial charge in [0.2, 0.25) is 0 Å². The summed E-state index contributed by atoms with van der Waals surface area (Å²) in [6.07, 6.45) is -9.85. The van der Waals surface area contributed by atoms with Gasteiger partial charge in [0.05, 0.1) is 34.3 Å². The molecule has 0 spiro atoms. The average Bonchev–Trinajstić information content (AvgIpc) is 3.07. The zero-order valence-corrected chi connectivity index (χ0v) is 17.9. The molecule has 0 fully saturated rings. The van der Waals surface area contributed by atoms with Gasteiger partial charge in [0.1, 0.15) is 11.6 Å². The Balaban J connectivity index is 1.86. The minimum absolute atomic E-state index is 0.105. The van der Waals surface area contributed by atoms with Crippen LogP contribution in [0.5, 0.6) is 5.75 Å². The van der Waals surface area contributed by atoms with Crippen molar-refractivity contribution in [2.45, 2.75) is 19.3 Å². The first-order valence-electron chi connectivity index (χ1n) is 9.51. The Morgan fingerprint density at radius 3 is 2.00 bits per heavy atom. The summed E-state index contributed by atoms with van der Waals surface area (Å²) < 4.78 is 86.3. The van der Waals surface area contributed by atoms with Gasteiger partial charge in [-0.2, -0.15) is 26.3 Å². The molecule has 0 bridgehead atoms. The number of methoxy groups -OCH3 is 1. The van der Waals surface area contributed by atoms with E-state index in [0.717, 1.165) is 0 Å². The lowest BCUT2D eigenvalue weighted by atomic mass is 9.98. The number of hydrogen-bond acceptors (Lipinski definition) is 2. The first-order valence-corrected chi connectivity index (χ1v) is 9.89. The second-order valence-electron chi connectivity index (χ2n) is 7.31. The van der Waals surface area contributed by atoms with Crippen LogP contribution in [0.2, 0.25) is 5.02 Å². The number of aryl methyl sites for hydroxylation is 1. The zero-order valence-electron chi connectivity index (χ0n) is 17.1. The Kier molecular flexibility index (Phi) is 5.56. The molecule has 0 radical (unpaired) electrons. The Morgan fingerprint density at radius 2 is 1.45 bits per heavy atom. The maximum Gasteiger partial charge on any atom is 0.416 e. The lowest BCUT2D eigenvalue weighted by Gasteiger charge is -2.14. The number of halogens is 7. The summed E-state index contributed by atoms with van der Waals surface area (Å²) >= 11 is 6.22. The quantitative estimate of drug-likeness (QED) is 0.279. The molecule has 0 unspecified atom stereocenters. The number of alkyl halides is 6. The van der Waals surface area contributed by atoms with Crippen LogP contribution in [-0.4, -0.2) is 16.7 Å². The number of imidazole rings is 1. The summed E-state index contributed by atoms with van der Waals surface area (Å²) in [5.41, 5.74) is -1.09. The van der Waals surface area contributed by atoms with Crippen molar-refractivity contribution < 1.29 is 31.1 Å². The van der Waals surface area contributed by atoms with Crippen molar-refractivity contribution in [2.24, 2.45) is 0 Å². The maximum atomic E-state index is 13.2. The highest BCUT2D eigenvalue weighted by Gasteiger charge is 2.37. The number of rotatable bonds is 3. The summed E-state index contributed by atoms with van der Waals surface area (Å²) in [5.74, 6) is 1.04. The van der Waals surface area contributed by atoms with Gasteiger partial charge in [-0.15, -0.1) is 0 Å². The highest BCUT2D eigenvalue weighted by atomic mass is 35.5. The molecule has 4 rings (SSSR count). The second kappa shape index (κ2) is 7.98. The Morgan fingerprint density at radius 1 is 0.818 bits per heavy atom. The molecule has 0 saturated carbocycles. The Labute approximate surface area is 189 Å². The molecule has 0 aliphatic carbocycles. The number of ether oxygens (including phenoxy) is 1. The molecule has 0 amide bonds. The molecule has 33 heavy (non-hydrogen) atoms. The smallest absolute Gasteiger partial charge is 0.416 e. The van der Waals surface area contributed by atoms with E-state index in [0.29, 0.717) is 45.5 Å². The number of nitrogens with zero attached hydrogens (tertiary/aromatic N) is 2.